The molecular formula is C16H18N6O2. The maximum atomic E-state index is 11.9. The number of urea groups is 1. The van der Waals surface area contributed by atoms with Gasteiger partial charge in [-0.2, -0.15) is 10.1 Å². The summed E-state index contributed by atoms with van der Waals surface area (Å²) < 4.78 is 6.83. The topological polar surface area (TPSA) is 93.4 Å². The second-order valence-electron chi connectivity index (χ2n) is 5.15. The Balaban J connectivity index is 1.45. The molecule has 0 radical (unpaired) electrons. The highest BCUT2D eigenvalue weighted by Crippen LogP contribution is 2.22. The first-order chi connectivity index (χ1) is 11.8. The number of anilines is 1. The smallest absolute Gasteiger partial charge is 0.319 e. The molecule has 2 amide bonds. The predicted molar refractivity (Wildman–Crippen MR) is 89.1 cm³/mol. The lowest BCUT2D eigenvalue weighted by Gasteiger charge is -2.10. The molecule has 2 heterocycles. The van der Waals surface area contributed by atoms with Gasteiger partial charge in [-0.1, -0.05) is 12.1 Å². The van der Waals surface area contributed by atoms with Crippen molar-refractivity contribution >= 4 is 17.5 Å². The van der Waals surface area contributed by atoms with Crippen molar-refractivity contribution in [1.82, 2.24) is 24.9 Å². The molecule has 24 heavy (non-hydrogen) atoms. The Morgan fingerprint density at radius 3 is 3.04 bits per heavy atom. The van der Waals surface area contributed by atoms with Gasteiger partial charge >= 0.3 is 6.03 Å². The molecule has 0 fully saturated rings. The van der Waals surface area contributed by atoms with E-state index in [0.717, 1.165) is 18.4 Å². The van der Waals surface area contributed by atoms with E-state index in [9.17, 15) is 4.79 Å². The summed E-state index contributed by atoms with van der Waals surface area (Å²) in [5.41, 5.74) is 1.68. The van der Waals surface area contributed by atoms with Gasteiger partial charge in [0, 0.05) is 18.9 Å². The fourth-order valence-electron chi connectivity index (χ4n) is 2.30. The van der Waals surface area contributed by atoms with Gasteiger partial charge in [-0.15, -0.1) is 0 Å². The summed E-state index contributed by atoms with van der Waals surface area (Å²) in [4.78, 5) is 20.1. The second kappa shape index (κ2) is 7.40. The van der Waals surface area contributed by atoms with Gasteiger partial charge in [0.15, 0.2) is 0 Å². The molecule has 1 aromatic carbocycles. The Morgan fingerprint density at radius 1 is 1.29 bits per heavy atom. The third kappa shape index (κ3) is 3.78. The van der Waals surface area contributed by atoms with Gasteiger partial charge in [0.2, 0.25) is 0 Å². The largest absolute Gasteiger partial charge is 0.495 e. The second-order valence-corrected chi connectivity index (χ2v) is 5.15. The summed E-state index contributed by atoms with van der Waals surface area (Å²) in [6.45, 7) is 0.552. The number of hydrogen-bond acceptors (Lipinski definition) is 5. The van der Waals surface area contributed by atoms with E-state index >= 15 is 0 Å². The van der Waals surface area contributed by atoms with Gasteiger partial charge in [0.25, 0.3) is 5.78 Å². The van der Waals surface area contributed by atoms with Crippen LogP contribution >= 0.6 is 0 Å². The molecule has 0 aliphatic rings. The minimum Gasteiger partial charge on any atom is -0.495 e. The Morgan fingerprint density at radius 2 is 2.17 bits per heavy atom. The summed E-state index contributed by atoms with van der Waals surface area (Å²) in [7, 11) is 1.57. The highest BCUT2D eigenvalue weighted by atomic mass is 16.5. The number of aryl methyl sites for hydroxylation is 1. The number of ether oxygens (including phenoxy) is 1. The molecule has 0 bridgehead atoms. The van der Waals surface area contributed by atoms with Crippen molar-refractivity contribution in [2.75, 3.05) is 19.0 Å². The number of nitrogens with zero attached hydrogens (tertiary/aromatic N) is 4. The quantitative estimate of drug-likeness (QED) is 0.675. The summed E-state index contributed by atoms with van der Waals surface area (Å²) >= 11 is 0. The molecule has 2 aromatic heterocycles. The maximum absolute atomic E-state index is 11.9. The highest BCUT2D eigenvalue weighted by Gasteiger charge is 2.06. The van der Waals surface area contributed by atoms with Crippen LogP contribution in [0.1, 0.15) is 12.0 Å². The number of para-hydroxylation sites is 2. The van der Waals surface area contributed by atoms with E-state index in [1.807, 2.05) is 18.3 Å². The summed E-state index contributed by atoms with van der Waals surface area (Å²) in [5.74, 6) is 1.20. The number of rotatable bonds is 6. The van der Waals surface area contributed by atoms with Crippen molar-refractivity contribution in [2.45, 2.75) is 12.8 Å². The normalized spacial score (nSPS) is 10.5. The molecule has 0 aliphatic heterocycles. The van der Waals surface area contributed by atoms with E-state index in [0.29, 0.717) is 23.8 Å². The molecule has 3 rings (SSSR count). The van der Waals surface area contributed by atoms with Crippen LogP contribution in [0.25, 0.3) is 5.78 Å². The van der Waals surface area contributed by atoms with Crippen LogP contribution in [0.5, 0.6) is 5.75 Å². The fraction of sp³-hybridized carbons (Fsp3) is 0.250. The molecule has 0 aliphatic carbocycles. The van der Waals surface area contributed by atoms with Crippen LogP contribution in [-0.2, 0) is 6.42 Å². The lowest BCUT2D eigenvalue weighted by atomic mass is 10.2. The Hall–Kier alpha value is -3.16. The number of carbonyl (C=O) groups excluding carboxylic acids is 1. The summed E-state index contributed by atoms with van der Waals surface area (Å²) in [5, 5.41) is 9.65. The van der Waals surface area contributed by atoms with Crippen molar-refractivity contribution in [2.24, 2.45) is 0 Å². The van der Waals surface area contributed by atoms with E-state index in [2.05, 4.69) is 25.7 Å². The number of aromatic nitrogens is 4. The average Bonchev–Trinajstić information content (AvgIpc) is 3.07. The van der Waals surface area contributed by atoms with Gasteiger partial charge < -0.3 is 15.4 Å². The third-order valence-corrected chi connectivity index (χ3v) is 3.47. The molecule has 0 saturated carbocycles. The van der Waals surface area contributed by atoms with Gasteiger partial charge in [-0.3, -0.25) is 0 Å². The predicted octanol–water partition coefficient (Wildman–Crippen LogP) is 1.89. The first kappa shape index (κ1) is 15.7. The molecule has 0 spiro atoms. The monoisotopic (exact) mass is 326 g/mol. The first-order valence-corrected chi connectivity index (χ1v) is 7.58. The van der Waals surface area contributed by atoms with Crippen LogP contribution in [0.4, 0.5) is 10.5 Å². The van der Waals surface area contributed by atoms with E-state index in [-0.39, 0.29) is 6.03 Å². The van der Waals surface area contributed by atoms with Crippen LogP contribution in [0.15, 0.2) is 43.0 Å². The van der Waals surface area contributed by atoms with Crippen molar-refractivity contribution in [3.05, 3.63) is 48.5 Å². The molecular weight excluding hydrogens is 308 g/mol. The van der Waals surface area contributed by atoms with Crippen molar-refractivity contribution in [1.29, 1.82) is 0 Å². The summed E-state index contributed by atoms with van der Waals surface area (Å²) in [6, 6.07) is 7.01. The lowest BCUT2D eigenvalue weighted by molar-refractivity contribution is 0.252. The van der Waals surface area contributed by atoms with E-state index < -0.39 is 0 Å². The van der Waals surface area contributed by atoms with Crippen molar-refractivity contribution in [3.63, 3.8) is 0 Å². The average molecular weight is 326 g/mol. The number of carbonyl (C=O) groups is 1. The minimum absolute atomic E-state index is 0.260. The van der Waals surface area contributed by atoms with Gasteiger partial charge in [0.05, 0.1) is 12.8 Å². The number of fused-ring (bicyclic) bond motifs is 1. The molecule has 0 atom stereocenters. The molecule has 0 saturated heterocycles. The van der Waals surface area contributed by atoms with Crippen molar-refractivity contribution < 1.29 is 9.53 Å². The number of methoxy groups -OCH3 is 1. The highest BCUT2D eigenvalue weighted by molar-refractivity contribution is 5.90. The first-order valence-electron chi connectivity index (χ1n) is 7.58. The number of nitrogens with one attached hydrogen (secondary N) is 2. The number of benzene rings is 1. The van der Waals surface area contributed by atoms with Gasteiger partial charge in [-0.25, -0.2) is 14.3 Å². The molecule has 0 unspecified atom stereocenters. The molecule has 2 N–H and O–H groups in total. The van der Waals surface area contributed by atoms with Crippen LogP contribution in [0, 0.1) is 0 Å². The third-order valence-electron chi connectivity index (χ3n) is 3.47. The summed E-state index contributed by atoms with van der Waals surface area (Å²) in [6.07, 6.45) is 6.72. The van der Waals surface area contributed by atoms with Crippen LogP contribution in [0.3, 0.4) is 0 Å². The Kier molecular flexibility index (Phi) is 4.85. The standard InChI is InChI=1S/C16H18N6O2/c1-24-14-7-3-2-6-13(14)21-16(23)17-8-4-5-12-9-18-15-19-11-20-22(15)10-12/h2-3,6-7,9-11H,4-5,8H2,1H3,(H2,17,21,23). The Labute approximate surface area is 138 Å². The van der Waals surface area contributed by atoms with Gasteiger partial charge in [-0.05, 0) is 30.5 Å². The van der Waals surface area contributed by atoms with Gasteiger partial charge in [0.1, 0.15) is 12.1 Å². The zero-order valence-electron chi connectivity index (χ0n) is 13.3. The van der Waals surface area contributed by atoms with Crippen LogP contribution in [0.2, 0.25) is 0 Å². The fourth-order valence-corrected chi connectivity index (χ4v) is 2.30. The van der Waals surface area contributed by atoms with E-state index in [1.165, 1.54) is 6.33 Å². The molecule has 3 aromatic rings. The maximum Gasteiger partial charge on any atom is 0.319 e. The van der Waals surface area contributed by atoms with E-state index in [4.69, 9.17) is 4.74 Å². The Bertz CT molecular complexity index is 832. The SMILES string of the molecule is COc1ccccc1NC(=O)NCCCc1cnc2ncnn2c1. The minimum atomic E-state index is -0.260. The van der Waals surface area contributed by atoms with Crippen LogP contribution in [-0.4, -0.2) is 39.3 Å². The zero-order valence-corrected chi connectivity index (χ0v) is 13.3. The molecule has 8 heteroatoms. The van der Waals surface area contributed by atoms with Crippen molar-refractivity contribution in [3.8, 4) is 5.75 Å². The zero-order chi connectivity index (χ0) is 16.8. The number of amides is 2. The molecule has 8 nitrogen and oxygen atoms in total. The number of hydrogen-bond donors (Lipinski definition) is 2. The lowest BCUT2D eigenvalue weighted by Crippen LogP contribution is -2.29. The van der Waals surface area contributed by atoms with E-state index in [1.54, 1.807) is 30.0 Å². The molecule has 124 valence electrons. The van der Waals surface area contributed by atoms with Crippen LogP contribution < -0.4 is 15.4 Å².